The molecule has 1 N–H and O–H groups in total. The molecule has 2 heteroatoms. The van der Waals surface area contributed by atoms with Crippen LogP contribution in [0.1, 0.15) is 45.4 Å². The van der Waals surface area contributed by atoms with Gasteiger partial charge in [-0.15, -0.1) is 0 Å². The van der Waals surface area contributed by atoms with Gasteiger partial charge < -0.3 is 5.11 Å². The lowest BCUT2D eigenvalue weighted by atomic mass is 9.66. The van der Waals surface area contributed by atoms with E-state index in [0.717, 1.165) is 19.3 Å². The van der Waals surface area contributed by atoms with Gasteiger partial charge >= 0.3 is 0 Å². The molecule has 2 unspecified atom stereocenters. The zero-order chi connectivity index (χ0) is 8.82. The van der Waals surface area contributed by atoms with Crippen molar-refractivity contribution in [2.24, 2.45) is 5.41 Å². The smallest absolute Gasteiger partial charge is 0.164 e. The summed E-state index contributed by atoms with van der Waals surface area (Å²) in [6, 6.07) is 0. The van der Waals surface area contributed by atoms with Crippen molar-refractivity contribution in [3.63, 3.8) is 0 Å². The van der Waals surface area contributed by atoms with Gasteiger partial charge in [-0.3, -0.25) is 4.79 Å². The minimum atomic E-state index is -0.953. The van der Waals surface area contributed by atoms with Crippen molar-refractivity contribution in [2.45, 2.75) is 51.0 Å². The van der Waals surface area contributed by atoms with Crippen molar-refractivity contribution in [1.82, 2.24) is 0 Å². The van der Waals surface area contributed by atoms with E-state index in [1.165, 1.54) is 6.42 Å². The second-order valence-corrected chi connectivity index (χ2v) is 4.55. The van der Waals surface area contributed by atoms with E-state index in [1.807, 2.05) is 0 Å². The molecule has 0 radical (unpaired) electrons. The lowest BCUT2D eigenvalue weighted by Gasteiger charge is -2.42. The lowest BCUT2D eigenvalue weighted by molar-refractivity contribution is -0.147. The highest BCUT2D eigenvalue weighted by Crippen LogP contribution is 2.52. The number of hydrogen-bond donors (Lipinski definition) is 1. The van der Waals surface area contributed by atoms with Gasteiger partial charge in [0.25, 0.3) is 0 Å². The molecule has 12 heavy (non-hydrogen) atoms. The average molecular weight is 168 g/mol. The zero-order valence-electron chi connectivity index (χ0n) is 7.60. The summed E-state index contributed by atoms with van der Waals surface area (Å²) in [4.78, 5) is 11.5. The van der Waals surface area contributed by atoms with Crippen molar-refractivity contribution in [3.8, 4) is 0 Å². The van der Waals surface area contributed by atoms with Crippen LogP contribution >= 0.6 is 0 Å². The molecule has 0 saturated heterocycles. The molecule has 2 saturated carbocycles. The number of rotatable bonds is 0. The summed E-state index contributed by atoms with van der Waals surface area (Å²) in [6.07, 6.45) is 5.39. The molecule has 0 spiro atoms. The quantitative estimate of drug-likeness (QED) is 0.597. The van der Waals surface area contributed by atoms with Crippen molar-refractivity contribution in [2.75, 3.05) is 0 Å². The van der Waals surface area contributed by atoms with Crippen LogP contribution in [0.5, 0.6) is 0 Å². The number of carbonyl (C=O) groups is 1. The summed E-state index contributed by atoms with van der Waals surface area (Å²) in [6.45, 7) is 2.07. The van der Waals surface area contributed by atoms with E-state index in [-0.39, 0.29) is 11.2 Å². The molecule has 0 aromatic rings. The normalized spacial score (nSPS) is 47.7. The van der Waals surface area contributed by atoms with E-state index < -0.39 is 5.60 Å². The molecule has 0 aromatic heterocycles. The van der Waals surface area contributed by atoms with E-state index in [9.17, 15) is 9.90 Å². The number of ketones is 1. The third-order valence-electron chi connectivity index (χ3n) is 3.88. The molecule has 0 amide bonds. The largest absolute Gasteiger partial charge is 0.382 e. The number of carbonyl (C=O) groups excluding carboxylic acids is 1. The van der Waals surface area contributed by atoms with Crippen LogP contribution in [0.2, 0.25) is 0 Å². The number of aliphatic hydroxyl groups is 1. The van der Waals surface area contributed by atoms with Gasteiger partial charge in [-0.25, -0.2) is 0 Å². The number of hydrogen-bond acceptors (Lipinski definition) is 2. The van der Waals surface area contributed by atoms with Gasteiger partial charge in [-0.2, -0.15) is 0 Å². The van der Waals surface area contributed by atoms with Gasteiger partial charge in [-0.1, -0.05) is 19.8 Å². The highest BCUT2D eigenvalue weighted by atomic mass is 16.3. The van der Waals surface area contributed by atoms with E-state index in [1.54, 1.807) is 0 Å². The van der Waals surface area contributed by atoms with Crippen LogP contribution in [0.4, 0.5) is 0 Å². The predicted molar refractivity (Wildman–Crippen MR) is 45.8 cm³/mol. The predicted octanol–water partition coefficient (Wildman–Crippen LogP) is 1.66. The first-order valence-corrected chi connectivity index (χ1v) is 4.84. The summed E-state index contributed by atoms with van der Waals surface area (Å²) in [5, 5.41) is 10.2. The molecule has 2 aliphatic rings. The van der Waals surface area contributed by atoms with Crippen molar-refractivity contribution in [1.29, 1.82) is 0 Å². The first-order valence-electron chi connectivity index (χ1n) is 4.84. The molecule has 2 rings (SSSR count). The molecular weight excluding hydrogens is 152 g/mol. The fourth-order valence-corrected chi connectivity index (χ4v) is 2.81. The standard InChI is InChI=1S/C10H16O2/c1-9-5-2-3-6-10(9,12)8(11)4-7-9/h12H,2-7H2,1H3. The maximum Gasteiger partial charge on any atom is 0.164 e. The van der Waals surface area contributed by atoms with Gasteiger partial charge in [0.15, 0.2) is 5.78 Å². The summed E-state index contributed by atoms with van der Waals surface area (Å²) in [5.74, 6) is 0.0877. The summed E-state index contributed by atoms with van der Waals surface area (Å²) in [7, 11) is 0. The molecule has 2 nitrogen and oxygen atoms in total. The monoisotopic (exact) mass is 168 g/mol. The van der Waals surface area contributed by atoms with Gasteiger partial charge in [0.1, 0.15) is 5.60 Å². The third kappa shape index (κ3) is 0.817. The molecular formula is C10H16O2. The fourth-order valence-electron chi connectivity index (χ4n) is 2.81. The van der Waals surface area contributed by atoms with E-state index in [0.29, 0.717) is 12.8 Å². The maximum absolute atomic E-state index is 11.5. The highest BCUT2D eigenvalue weighted by molar-refractivity contribution is 5.90. The summed E-state index contributed by atoms with van der Waals surface area (Å²) < 4.78 is 0. The van der Waals surface area contributed by atoms with E-state index in [4.69, 9.17) is 0 Å². The molecule has 0 bridgehead atoms. The Labute approximate surface area is 73.0 Å². The highest BCUT2D eigenvalue weighted by Gasteiger charge is 2.57. The van der Waals surface area contributed by atoms with Crippen LogP contribution in [-0.4, -0.2) is 16.5 Å². The third-order valence-corrected chi connectivity index (χ3v) is 3.88. The molecule has 0 aromatic carbocycles. The molecule has 68 valence electrons. The SMILES string of the molecule is CC12CCCCC1(O)C(=O)CC2. The van der Waals surface area contributed by atoms with Crippen LogP contribution in [-0.2, 0) is 4.79 Å². The Morgan fingerprint density at radius 2 is 1.92 bits per heavy atom. The maximum atomic E-state index is 11.5. The topological polar surface area (TPSA) is 37.3 Å². The minimum Gasteiger partial charge on any atom is -0.382 e. The van der Waals surface area contributed by atoms with Crippen LogP contribution in [0, 0.1) is 5.41 Å². The Kier molecular flexibility index (Phi) is 1.59. The molecule has 2 fully saturated rings. The molecule has 2 aliphatic carbocycles. The summed E-state index contributed by atoms with van der Waals surface area (Å²) in [5.41, 5.74) is -1.05. The molecule has 0 aliphatic heterocycles. The van der Waals surface area contributed by atoms with Crippen LogP contribution in [0.15, 0.2) is 0 Å². The minimum absolute atomic E-state index is 0.0877. The van der Waals surface area contributed by atoms with Crippen LogP contribution in [0.3, 0.4) is 0 Å². The summed E-state index contributed by atoms with van der Waals surface area (Å²) >= 11 is 0. The van der Waals surface area contributed by atoms with Gasteiger partial charge in [-0.05, 0) is 19.3 Å². The average Bonchev–Trinajstić information content (AvgIpc) is 2.28. The first kappa shape index (κ1) is 8.24. The molecule has 2 atom stereocenters. The first-order chi connectivity index (χ1) is 5.58. The number of fused-ring (bicyclic) bond motifs is 1. The van der Waals surface area contributed by atoms with Crippen molar-refractivity contribution < 1.29 is 9.90 Å². The zero-order valence-corrected chi connectivity index (χ0v) is 7.60. The van der Waals surface area contributed by atoms with Gasteiger partial charge in [0.05, 0.1) is 0 Å². The van der Waals surface area contributed by atoms with Crippen LogP contribution in [0.25, 0.3) is 0 Å². The van der Waals surface area contributed by atoms with Crippen LogP contribution < -0.4 is 0 Å². The Balaban J connectivity index is 2.35. The fraction of sp³-hybridized carbons (Fsp3) is 0.900. The Morgan fingerprint density at radius 1 is 1.25 bits per heavy atom. The second kappa shape index (κ2) is 2.32. The van der Waals surface area contributed by atoms with E-state index in [2.05, 4.69) is 6.92 Å². The Morgan fingerprint density at radius 3 is 2.58 bits per heavy atom. The molecule has 0 heterocycles. The second-order valence-electron chi connectivity index (χ2n) is 4.55. The Hall–Kier alpha value is -0.370. The van der Waals surface area contributed by atoms with Gasteiger partial charge in [0.2, 0.25) is 0 Å². The lowest BCUT2D eigenvalue weighted by Crippen LogP contribution is -2.49. The van der Waals surface area contributed by atoms with E-state index >= 15 is 0 Å². The van der Waals surface area contributed by atoms with Crippen molar-refractivity contribution in [3.05, 3.63) is 0 Å². The van der Waals surface area contributed by atoms with Gasteiger partial charge in [0, 0.05) is 11.8 Å². The Bertz CT molecular complexity index is 224. The van der Waals surface area contributed by atoms with Crippen molar-refractivity contribution >= 4 is 5.78 Å². The number of Topliss-reactive ketones (excluding diaryl/α,β-unsaturated/α-hetero) is 1.